The maximum atomic E-state index is 11.2. The van der Waals surface area contributed by atoms with Gasteiger partial charge in [0.25, 0.3) is 0 Å². The van der Waals surface area contributed by atoms with Gasteiger partial charge in [-0.3, -0.25) is 14.4 Å². The number of hydrogen-bond acceptors (Lipinski definition) is 3. The van der Waals surface area contributed by atoms with E-state index in [9.17, 15) is 14.4 Å². The Morgan fingerprint density at radius 2 is 2.11 bits per heavy atom. The second-order valence-electron chi connectivity index (χ2n) is 4.09. The monoisotopic (exact) mass is 247 g/mol. The van der Waals surface area contributed by atoms with Crippen LogP contribution in [0.2, 0.25) is 0 Å². The number of rotatable bonds is 2. The zero-order chi connectivity index (χ0) is 13.1. The van der Waals surface area contributed by atoms with Gasteiger partial charge in [0, 0.05) is 18.7 Å². The van der Waals surface area contributed by atoms with Crippen molar-refractivity contribution in [1.82, 2.24) is 5.32 Å². The summed E-state index contributed by atoms with van der Waals surface area (Å²) in [4.78, 5) is 32.7. The Bertz CT molecular complexity index is 525. The minimum absolute atomic E-state index is 0.0114. The lowest BCUT2D eigenvalue weighted by atomic mass is 10.0. The van der Waals surface area contributed by atoms with Crippen molar-refractivity contribution in [2.45, 2.75) is 19.4 Å². The van der Waals surface area contributed by atoms with E-state index in [2.05, 4.69) is 10.6 Å². The van der Waals surface area contributed by atoms with Gasteiger partial charge < -0.3 is 16.4 Å². The number of carbonyl (C=O) groups excluding carboxylic acids is 3. The summed E-state index contributed by atoms with van der Waals surface area (Å²) in [7, 11) is 0. The van der Waals surface area contributed by atoms with E-state index in [1.165, 1.54) is 0 Å². The van der Waals surface area contributed by atoms with Crippen LogP contribution in [0.25, 0.3) is 0 Å². The molecular formula is C12H13N3O3. The number of nitrogens with one attached hydrogen (secondary N) is 2. The SMILES string of the molecule is NC(=O)C(=O)NCc1ccc2c(c1)CCC(=O)N2. The highest BCUT2D eigenvalue weighted by atomic mass is 16.2. The molecule has 1 aromatic rings. The third-order valence-corrected chi connectivity index (χ3v) is 2.74. The summed E-state index contributed by atoms with van der Waals surface area (Å²) in [5.74, 6) is -1.79. The summed E-state index contributed by atoms with van der Waals surface area (Å²) in [6.45, 7) is 0.239. The first-order valence-electron chi connectivity index (χ1n) is 5.55. The van der Waals surface area contributed by atoms with Gasteiger partial charge in [-0.1, -0.05) is 12.1 Å². The van der Waals surface area contributed by atoms with Gasteiger partial charge in [0.05, 0.1) is 0 Å². The van der Waals surface area contributed by atoms with Crippen LogP contribution in [0.1, 0.15) is 17.5 Å². The van der Waals surface area contributed by atoms with Crippen molar-refractivity contribution in [1.29, 1.82) is 0 Å². The molecule has 4 N–H and O–H groups in total. The fourth-order valence-corrected chi connectivity index (χ4v) is 1.82. The molecule has 1 heterocycles. The van der Waals surface area contributed by atoms with Gasteiger partial charge in [-0.05, 0) is 23.6 Å². The molecule has 0 fully saturated rings. The van der Waals surface area contributed by atoms with E-state index in [0.29, 0.717) is 12.8 Å². The van der Waals surface area contributed by atoms with Crippen LogP contribution in [-0.2, 0) is 27.3 Å². The lowest BCUT2D eigenvalue weighted by Gasteiger charge is -2.17. The van der Waals surface area contributed by atoms with Crippen LogP contribution < -0.4 is 16.4 Å². The molecule has 2 rings (SSSR count). The Morgan fingerprint density at radius 3 is 2.83 bits per heavy atom. The molecule has 3 amide bonds. The van der Waals surface area contributed by atoms with Crippen LogP contribution in [0.5, 0.6) is 0 Å². The zero-order valence-electron chi connectivity index (χ0n) is 9.66. The lowest BCUT2D eigenvalue weighted by Crippen LogP contribution is -2.35. The topological polar surface area (TPSA) is 101 Å². The molecule has 0 atom stereocenters. The van der Waals surface area contributed by atoms with Gasteiger partial charge >= 0.3 is 11.8 Å². The molecule has 0 saturated carbocycles. The second-order valence-corrected chi connectivity index (χ2v) is 4.09. The number of carbonyl (C=O) groups is 3. The normalized spacial score (nSPS) is 13.4. The quantitative estimate of drug-likeness (QED) is 0.624. The van der Waals surface area contributed by atoms with Crippen molar-refractivity contribution in [2.24, 2.45) is 5.73 Å². The van der Waals surface area contributed by atoms with Gasteiger partial charge in [-0.25, -0.2) is 0 Å². The summed E-state index contributed by atoms with van der Waals surface area (Å²) < 4.78 is 0. The Hall–Kier alpha value is -2.37. The van der Waals surface area contributed by atoms with Crippen molar-refractivity contribution in [3.63, 3.8) is 0 Å². The summed E-state index contributed by atoms with van der Waals surface area (Å²) in [5.41, 5.74) is 7.52. The Morgan fingerprint density at radius 1 is 1.33 bits per heavy atom. The maximum Gasteiger partial charge on any atom is 0.309 e. The van der Waals surface area contributed by atoms with Crippen LogP contribution >= 0.6 is 0 Å². The third-order valence-electron chi connectivity index (χ3n) is 2.74. The molecule has 6 heteroatoms. The van der Waals surface area contributed by atoms with Gasteiger partial charge in [0.1, 0.15) is 0 Å². The molecule has 0 aromatic heterocycles. The minimum Gasteiger partial charge on any atom is -0.361 e. The predicted octanol–water partition coefficient (Wildman–Crippen LogP) is -0.327. The molecule has 0 radical (unpaired) electrons. The third kappa shape index (κ3) is 2.65. The number of hydrogen-bond donors (Lipinski definition) is 3. The molecule has 0 bridgehead atoms. The Labute approximate surface area is 104 Å². The number of anilines is 1. The number of amides is 3. The van der Waals surface area contributed by atoms with Gasteiger partial charge in [-0.2, -0.15) is 0 Å². The maximum absolute atomic E-state index is 11.2. The van der Waals surface area contributed by atoms with Gasteiger partial charge in [-0.15, -0.1) is 0 Å². The average molecular weight is 247 g/mol. The number of aryl methyl sites for hydroxylation is 1. The molecule has 94 valence electrons. The van der Waals surface area contributed by atoms with E-state index in [1.54, 1.807) is 12.1 Å². The van der Waals surface area contributed by atoms with Crippen LogP contribution in [0.4, 0.5) is 5.69 Å². The predicted molar refractivity (Wildman–Crippen MR) is 64.4 cm³/mol. The van der Waals surface area contributed by atoms with Crippen LogP contribution in [0.15, 0.2) is 18.2 Å². The minimum atomic E-state index is -1.000. The first-order chi connectivity index (χ1) is 8.56. The summed E-state index contributed by atoms with van der Waals surface area (Å²) in [5, 5.41) is 5.18. The molecule has 0 unspecified atom stereocenters. The zero-order valence-corrected chi connectivity index (χ0v) is 9.66. The van der Waals surface area contributed by atoms with Crippen molar-refractivity contribution in [3.05, 3.63) is 29.3 Å². The lowest BCUT2D eigenvalue weighted by molar-refractivity contribution is -0.137. The molecule has 1 aliphatic rings. The highest BCUT2D eigenvalue weighted by molar-refractivity contribution is 6.34. The van der Waals surface area contributed by atoms with Crippen LogP contribution in [0, 0.1) is 0 Å². The van der Waals surface area contributed by atoms with E-state index in [1.807, 2.05) is 6.07 Å². The molecule has 0 aliphatic carbocycles. The van der Waals surface area contributed by atoms with Crippen LogP contribution in [0.3, 0.4) is 0 Å². The van der Waals surface area contributed by atoms with E-state index >= 15 is 0 Å². The molecular weight excluding hydrogens is 234 g/mol. The highest BCUT2D eigenvalue weighted by Gasteiger charge is 2.15. The Kier molecular flexibility index (Phi) is 3.27. The summed E-state index contributed by atoms with van der Waals surface area (Å²) in [6.07, 6.45) is 1.14. The fourth-order valence-electron chi connectivity index (χ4n) is 1.82. The van der Waals surface area contributed by atoms with Crippen molar-refractivity contribution < 1.29 is 14.4 Å². The van der Waals surface area contributed by atoms with E-state index < -0.39 is 11.8 Å². The van der Waals surface area contributed by atoms with Crippen molar-refractivity contribution in [2.75, 3.05) is 5.32 Å². The standard InChI is InChI=1S/C12H13N3O3/c13-11(17)12(18)14-6-7-1-3-9-8(5-7)2-4-10(16)15-9/h1,3,5H,2,4,6H2,(H2,13,17)(H,14,18)(H,15,16). The molecule has 6 nitrogen and oxygen atoms in total. The van der Waals surface area contributed by atoms with E-state index in [4.69, 9.17) is 5.73 Å². The number of nitrogens with two attached hydrogens (primary N) is 1. The first kappa shape index (κ1) is 12.1. The number of benzene rings is 1. The fraction of sp³-hybridized carbons (Fsp3) is 0.250. The van der Waals surface area contributed by atoms with Crippen molar-refractivity contribution in [3.8, 4) is 0 Å². The van der Waals surface area contributed by atoms with E-state index in [-0.39, 0.29) is 12.5 Å². The second kappa shape index (κ2) is 4.87. The van der Waals surface area contributed by atoms with E-state index in [0.717, 1.165) is 16.8 Å². The highest BCUT2D eigenvalue weighted by Crippen LogP contribution is 2.23. The molecule has 18 heavy (non-hydrogen) atoms. The van der Waals surface area contributed by atoms with Gasteiger partial charge in [0.2, 0.25) is 5.91 Å². The summed E-state index contributed by atoms with van der Waals surface area (Å²) >= 11 is 0. The van der Waals surface area contributed by atoms with Crippen molar-refractivity contribution >= 4 is 23.4 Å². The van der Waals surface area contributed by atoms with Crippen LogP contribution in [-0.4, -0.2) is 17.7 Å². The molecule has 0 saturated heterocycles. The first-order valence-corrected chi connectivity index (χ1v) is 5.55. The molecule has 1 aliphatic heterocycles. The number of fused-ring (bicyclic) bond motifs is 1. The molecule has 0 spiro atoms. The molecule has 1 aromatic carbocycles. The number of primary amides is 1. The summed E-state index contributed by atoms with van der Waals surface area (Å²) in [6, 6.07) is 5.47. The average Bonchev–Trinajstić information content (AvgIpc) is 2.35. The largest absolute Gasteiger partial charge is 0.361 e. The smallest absolute Gasteiger partial charge is 0.309 e. The van der Waals surface area contributed by atoms with Gasteiger partial charge in [0.15, 0.2) is 0 Å². The Balaban J connectivity index is 2.05.